The summed E-state index contributed by atoms with van der Waals surface area (Å²) in [6.07, 6.45) is 4.60. The van der Waals surface area contributed by atoms with Crippen LogP contribution in [0.25, 0.3) is 0 Å². The molecule has 0 spiro atoms. The standard InChI is InChI=1S/C22H30N6O3.HI/c1-3-23-22(27-11-12-30-20(15-27)17-13-25-26(2)14-17)24-9-6-10-28-18-7-4-5-8-19(18)31-16-21(28)29;/h4-5,7-8,13-14,20H,3,6,9-12,15-16H2,1-2H3,(H,23,24);1H. The lowest BCUT2D eigenvalue weighted by molar-refractivity contribution is -0.121. The molecule has 0 bridgehead atoms. The number of guanidine groups is 1. The summed E-state index contributed by atoms with van der Waals surface area (Å²) in [6, 6.07) is 7.66. The van der Waals surface area contributed by atoms with Crippen LogP contribution in [-0.2, 0) is 16.6 Å². The molecule has 3 heterocycles. The minimum atomic E-state index is -0.0196. The van der Waals surface area contributed by atoms with Gasteiger partial charge in [-0.1, -0.05) is 12.1 Å². The summed E-state index contributed by atoms with van der Waals surface area (Å²) >= 11 is 0. The van der Waals surface area contributed by atoms with E-state index in [0.29, 0.717) is 19.7 Å². The van der Waals surface area contributed by atoms with Gasteiger partial charge in [-0.05, 0) is 25.5 Å². The van der Waals surface area contributed by atoms with Gasteiger partial charge >= 0.3 is 0 Å². The highest BCUT2D eigenvalue weighted by Gasteiger charge is 2.26. The number of morpholine rings is 1. The van der Waals surface area contributed by atoms with Crippen molar-refractivity contribution in [3.63, 3.8) is 0 Å². The van der Waals surface area contributed by atoms with Gasteiger partial charge in [0.25, 0.3) is 5.91 Å². The van der Waals surface area contributed by atoms with E-state index < -0.39 is 0 Å². The number of ether oxygens (including phenoxy) is 2. The van der Waals surface area contributed by atoms with Crippen molar-refractivity contribution in [2.45, 2.75) is 19.4 Å². The molecule has 1 fully saturated rings. The molecule has 0 saturated carbocycles. The Bertz CT molecular complexity index is 934. The molecule has 4 rings (SSSR count). The number of carbonyl (C=O) groups is 1. The molecule has 1 amide bonds. The number of anilines is 1. The fourth-order valence-electron chi connectivity index (χ4n) is 3.89. The normalized spacial score (nSPS) is 18.6. The highest BCUT2D eigenvalue weighted by atomic mass is 127. The number of aliphatic imine (C=N–C) groups is 1. The van der Waals surface area contributed by atoms with Gasteiger partial charge in [-0.25, -0.2) is 0 Å². The maximum atomic E-state index is 12.3. The monoisotopic (exact) mass is 554 g/mol. The number of fused-ring (bicyclic) bond motifs is 1. The van der Waals surface area contributed by atoms with Gasteiger partial charge in [0.1, 0.15) is 11.9 Å². The molecule has 1 saturated heterocycles. The van der Waals surface area contributed by atoms with Crippen LogP contribution in [0.15, 0.2) is 41.7 Å². The van der Waals surface area contributed by atoms with Crippen molar-refractivity contribution >= 4 is 41.5 Å². The second kappa shape index (κ2) is 11.5. The minimum Gasteiger partial charge on any atom is -0.482 e. The van der Waals surface area contributed by atoms with E-state index >= 15 is 0 Å². The molecule has 1 aromatic carbocycles. The highest BCUT2D eigenvalue weighted by molar-refractivity contribution is 14.0. The number of amides is 1. The van der Waals surface area contributed by atoms with Crippen LogP contribution in [0.4, 0.5) is 5.69 Å². The van der Waals surface area contributed by atoms with E-state index in [0.717, 1.165) is 49.0 Å². The van der Waals surface area contributed by atoms with E-state index in [1.807, 2.05) is 43.7 Å². The summed E-state index contributed by atoms with van der Waals surface area (Å²) < 4.78 is 13.3. The molecule has 174 valence electrons. The van der Waals surface area contributed by atoms with E-state index in [4.69, 9.17) is 14.5 Å². The number of benzene rings is 1. The van der Waals surface area contributed by atoms with Crippen LogP contribution in [0.3, 0.4) is 0 Å². The smallest absolute Gasteiger partial charge is 0.265 e. The van der Waals surface area contributed by atoms with Crippen LogP contribution < -0.4 is 15.0 Å². The number of nitrogens with one attached hydrogen (secondary N) is 1. The minimum absolute atomic E-state index is 0. The summed E-state index contributed by atoms with van der Waals surface area (Å²) in [4.78, 5) is 21.2. The molecule has 0 aliphatic carbocycles. The number of carbonyl (C=O) groups excluding carboxylic acids is 1. The number of para-hydroxylation sites is 2. The lowest BCUT2D eigenvalue weighted by Crippen LogP contribution is -2.48. The van der Waals surface area contributed by atoms with Gasteiger partial charge in [-0.3, -0.25) is 14.5 Å². The summed E-state index contributed by atoms with van der Waals surface area (Å²) in [5.41, 5.74) is 1.91. The Morgan fingerprint density at radius 2 is 2.19 bits per heavy atom. The maximum Gasteiger partial charge on any atom is 0.265 e. The van der Waals surface area contributed by atoms with E-state index in [9.17, 15) is 4.79 Å². The predicted molar refractivity (Wildman–Crippen MR) is 134 cm³/mol. The molecule has 2 aliphatic rings. The van der Waals surface area contributed by atoms with Crippen molar-refractivity contribution in [2.24, 2.45) is 12.0 Å². The SMILES string of the molecule is CCNC(=NCCCN1C(=O)COc2ccccc21)N1CCOC(c2cnn(C)c2)C1.I. The van der Waals surface area contributed by atoms with Crippen LogP contribution in [0.5, 0.6) is 5.75 Å². The first-order chi connectivity index (χ1) is 15.2. The third-order valence-corrected chi connectivity index (χ3v) is 5.41. The van der Waals surface area contributed by atoms with Crippen LogP contribution >= 0.6 is 24.0 Å². The van der Waals surface area contributed by atoms with Crippen LogP contribution in [0, 0.1) is 0 Å². The zero-order valence-corrected chi connectivity index (χ0v) is 20.9. The summed E-state index contributed by atoms with van der Waals surface area (Å²) in [7, 11) is 1.91. The van der Waals surface area contributed by atoms with E-state index in [1.165, 1.54) is 0 Å². The van der Waals surface area contributed by atoms with Gasteiger partial charge in [-0.15, -0.1) is 24.0 Å². The molecule has 1 aromatic heterocycles. The Labute approximate surface area is 205 Å². The lowest BCUT2D eigenvalue weighted by Gasteiger charge is -2.35. The average molecular weight is 554 g/mol. The van der Waals surface area contributed by atoms with Gasteiger partial charge in [0, 0.05) is 45.0 Å². The number of rotatable bonds is 6. The molecule has 1 atom stereocenters. The second-order valence-corrected chi connectivity index (χ2v) is 7.64. The van der Waals surface area contributed by atoms with Gasteiger partial charge < -0.3 is 24.6 Å². The molecular weight excluding hydrogens is 523 g/mol. The maximum absolute atomic E-state index is 12.3. The van der Waals surface area contributed by atoms with E-state index in [2.05, 4.69) is 22.2 Å². The number of nitrogens with zero attached hydrogens (tertiary/aromatic N) is 5. The molecule has 2 aliphatic heterocycles. The Hall–Kier alpha value is -2.34. The second-order valence-electron chi connectivity index (χ2n) is 7.64. The summed E-state index contributed by atoms with van der Waals surface area (Å²) in [5.74, 6) is 1.63. The fourth-order valence-corrected chi connectivity index (χ4v) is 3.89. The van der Waals surface area contributed by atoms with Crippen molar-refractivity contribution in [3.8, 4) is 5.75 Å². The zero-order valence-electron chi connectivity index (χ0n) is 18.6. The largest absolute Gasteiger partial charge is 0.482 e. The van der Waals surface area contributed by atoms with Crippen molar-refractivity contribution in [3.05, 3.63) is 42.2 Å². The molecule has 0 radical (unpaired) electrons. The number of hydrogen-bond donors (Lipinski definition) is 1. The third kappa shape index (κ3) is 5.71. The summed E-state index contributed by atoms with van der Waals surface area (Å²) in [5, 5.41) is 7.65. The number of aryl methyl sites for hydroxylation is 1. The van der Waals surface area contributed by atoms with Gasteiger partial charge in [0.2, 0.25) is 0 Å². The average Bonchev–Trinajstić information content (AvgIpc) is 3.23. The number of hydrogen-bond acceptors (Lipinski definition) is 5. The Kier molecular flexibility index (Phi) is 8.74. The van der Waals surface area contributed by atoms with E-state index in [-0.39, 0.29) is 42.6 Å². The highest BCUT2D eigenvalue weighted by Crippen LogP contribution is 2.31. The van der Waals surface area contributed by atoms with Gasteiger partial charge in [0.05, 0.1) is 25.0 Å². The van der Waals surface area contributed by atoms with Crippen molar-refractivity contribution in [1.82, 2.24) is 20.0 Å². The molecule has 1 N–H and O–H groups in total. The van der Waals surface area contributed by atoms with Crippen LogP contribution in [0.2, 0.25) is 0 Å². The van der Waals surface area contributed by atoms with Crippen molar-refractivity contribution in [2.75, 3.05) is 50.8 Å². The topological polar surface area (TPSA) is 84.2 Å². The molecule has 10 heteroatoms. The molecular formula is C22H31IN6O3. The zero-order chi connectivity index (χ0) is 21.6. The first-order valence-corrected chi connectivity index (χ1v) is 10.8. The van der Waals surface area contributed by atoms with Gasteiger partial charge in [-0.2, -0.15) is 5.10 Å². The quantitative estimate of drug-likeness (QED) is 0.255. The van der Waals surface area contributed by atoms with Crippen LogP contribution in [-0.4, -0.2) is 72.5 Å². The first-order valence-electron chi connectivity index (χ1n) is 10.8. The van der Waals surface area contributed by atoms with Crippen LogP contribution in [0.1, 0.15) is 25.0 Å². The number of halogens is 1. The van der Waals surface area contributed by atoms with Gasteiger partial charge in [0.15, 0.2) is 12.6 Å². The fraction of sp³-hybridized carbons (Fsp3) is 0.500. The third-order valence-electron chi connectivity index (χ3n) is 5.41. The summed E-state index contributed by atoms with van der Waals surface area (Å²) in [6.45, 7) is 6.36. The molecule has 32 heavy (non-hydrogen) atoms. The van der Waals surface area contributed by atoms with Crippen molar-refractivity contribution in [1.29, 1.82) is 0 Å². The first kappa shape index (κ1) is 24.3. The number of aromatic nitrogens is 2. The Morgan fingerprint density at radius 1 is 1.34 bits per heavy atom. The van der Waals surface area contributed by atoms with E-state index in [1.54, 1.807) is 9.58 Å². The Balaban J connectivity index is 0.00000289. The molecule has 2 aromatic rings. The Morgan fingerprint density at radius 3 is 2.97 bits per heavy atom. The van der Waals surface area contributed by atoms with Crippen molar-refractivity contribution < 1.29 is 14.3 Å². The lowest BCUT2D eigenvalue weighted by atomic mass is 10.1. The molecule has 9 nitrogen and oxygen atoms in total. The predicted octanol–water partition coefficient (Wildman–Crippen LogP) is 2.19. The molecule has 1 unspecified atom stereocenters.